The van der Waals surface area contributed by atoms with Crippen LogP contribution in [0.5, 0.6) is 23.0 Å². The molecule has 0 radical (unpaired) electrons. The minimum absolute atomic E-state index is 0.0653. The Bertz CT molecular complexity index is 2120. The van der Waals surface area contributed by atoms with Crippen LogP contribution in [0.15, 0.2) is 109 Å². The molecule has 0 bridgehead atoms. The molecule has 0 aliphatic heterocycles. The summed E-state index contributed by atoms with van der Waals surface area (Å²) < 4.78 is 54.5. The Morgan fingerprint density at radius 1 is 0.698 bits per heavy atom. The van der Waals surface area contributed by atoms with Crippen molar-refractivity contribution in [3.05, 3.63) is 132 Å². The van der Waals surface area contributed by atoms with Crippen molar-refractivity contribution in [1.29, 1.82) is 0 Å². The van der Waals surface area contributed by atoms with E-state index in [1.807, 2.05) is 48.5 Å². The van der Waals surface area contributed by atoms with Crippen molar-refractivity contribution >= 4 is 17.8 Å². The Kier molecular flexibility index (Phi) is 21.2. The number of hydrogen-bond acceptors (Lipinski definition) is 9. The van der Waals surface area contributed by atoms with Gasteiger partial charge in [0, 0.05) is 61.6 Å². The van der Waals surface area contributed by atoms with Crippen LogP contribution in [0.1, 0.15) is 57.6 Å². The van der Waals surface area contributed by atoms with Crippen LogP contribution >= 0.6 is 0 Å². The van der Waals surface area contributed by atoms with Crippen LogP contribution in [-0.4, -0.2) is 91.2 Å². The standard InChI is InChI=1S/C45H53N3O11.3FH.Zr/c1-32(2)43(54)58-30-28-56-36-16-12-34(13-17-36)45(5,35-14-18-37(19-15-35)57-29-31-59-44(55)33(3)4)21-20-40(51)46(24-8-26-47-22-6-10-38(49)41(47)52)25-9-27-48-23-7-11-39(50)42(48)53;;;;/h6-7,10-19,22-23,49-50H,1,3,8-9,20-21,24-31H2,2,4-5H3;3*1H;/q;;;;+3/p-1. The molecule has 0 aliphatic rings. The average Bonchev–Trinajstić information content (AvgIpc) is 3.25. The van der Waals surface area contributed by atoms with Gasteiger partial charge in [0.15, 0.2) is 0 Å². The summed E-state index contributed by atoms with van der Waals surface area (Å²) in [6, 6.07) is 21.1. The fourth-order valence-electron chi connectivity index (χ4n) is 6.29. The van der Waals surface area contributed by atoms with Gasteiger partial charge in [-0.3, -0.25) is 23.5 Å². The molecule has 4 aromatic rings. The summed E-state index contributed by atoms with van der Waals surface area (Å²) in [4.78, 5) is 60.0. The van der Waals surface area contributed by atoms with Crippen LogP contribution in [0.4, 0.5) is 7.88 Å². The van der Waals surface area contributed by atoms with Crippen LogP contribution in [0.25, 0.3) is 0 Å². The number of carbonyl (C=O) groups is 3. The van der Waals surface area contributed by atoms with Crippen LogP contribution in [0, 0.1) is 0 Å². The van der Waals surface area contributed by atoms with Gasteiger partial charge in [-0.2, -0.15) is 0 Å². The van der Waals surface area contributed by atoms with Gasteiger partial charge in [0.25, 0.3) is 0 Å². The summed E-state index contributed by atoms with van der Waals surface area (Å²) in [6.07, 6.45) is 4.85. The predicted molar refractivity (Wildman–Crippen MR) is 223 cm³/mol. The van der Waals surface area contributed by atoms with Gasteiger partial charge in [0.05, 0.1) is 0 Å². The molecule has 63 heavy (non-hydrogen) atoms. The molecule has 0 saturated carbocycles. The molecule has 4 rings (SSSR count). The van der Waals surface area contributed by atoms with Crippen molar-refractivity contribution < 1.29 is 84.6 Å². The van der Waals surface area contributed by atoms with Gasteiger partial charge in [0.1, 0.15) is 37.9 Å². The van der Waals surface area contributed by atoms with E-state index < -0.39 is 40.9 Å². The first-order chi connectivity index (χ1) is 29.9. The van der Waals surface area contributed by atoms with E-state index in [0.29, 0.717) is 68.1 Å². The third-order valence-corrected chi connectivity index (χ3v) is 9.74. The fourth-order valence-corrected chi connectivity index (χ4v) is 6.29. The Hall–Kier alpha value is -5.90. The van der Waals surface area contributed by atoms with Crippen LogP contribution in [0.2, 0.25) is 0 Å². The number of aryl methyl sites for hydroxylation is 2. The zero-order valence-electron chi connectivity index (χ0n) is 35.6. The van der Waals surface area contributed by atoms with Crippen molar-refractivity contribution in [2.75, 3.05) is 39.5 Å². The van der Waals surface area contributed by atoms with Crippen molar-refractivity contribution in [3.8, 4) is 23.0 Å². The topological polar surface area (TPSA) is 184 Å². The van der Waals surface area contributed by atoms with E-state index in [2.05, 4.69) is 20.1 Å². The van der Waals surface area contributed by atoms with Gasteiger partial charge in [-0.1, -0.05) is 44.3 Å². The number of aromatic hydroxyl groups is 2. The average molecular weight is 962 g/mol. The Balaban J connectivity index is 0.00000253. The Morgan fingerprint density at radius 2 is 1.08 bits per heavy atom. The molecular formula is C45H55F3N3O11Zr+2. The third-order valence-electron chi connectivity index (χ3n) is 9.74. The second kappa shape index (κ2) is 25.9. The molecule has 0 saturated heterocycles. The van der Waals surface area contributed by atoms with Gasteiger partial charge >= 0.3 is 54.5 Å². The van der Waals surface area contributed by atoms with Gasteiger partial charge in [-0.05, 0) is 92.8 Å². The first-order valence-electron chi connectivity index (χ1n) is 20.0. The van der Waals surface area contributed by atoms with Gasteiger partial charge < -0.3 is 34.1 Å². The van der Waals surface area contributed by atoms with E-state index >= 15 is 0 Å². The van der Waals surface area contributed by atoms with E-state index in [0.717, 1.165) is 11.1 Å². The molecule has 1 amide bonds. The second-order valence-electron chi connectivity index (χ2n) is 14.5. The van der Waals surface area contributed by atoms with E-state index in [9.17, 15) is 42.1 Å². The number of esters is 2. The summed E-state index contributed by atoms with van der Waals surface area (Å²) in [5.41, 5.74) is 1.26. The second-order valence-corrected chi connectivity index (χ2v) is 15.6. The number of benzene rings is 2. The minimum atomic E-state index is -5.04. The van der Waals surface area contributed by atoms with Gasteiger partial charge in [-0.25, -0.2) is 9.59 Å². The molecule has 0 aliphatic carbocycles. The van der Waals surface area contributed by atoms with Gasteiger partial charge in [-0.15, -0.1) is 0 Å². The number of halogens is 3. The molecular weight excluding hydrogens is 907 g/mol. The number of rotatable bonds is 23. The summed E-state index contributed by atoms with van der Waals surface area (Å²) in [7, 11) is 0. The quantitative estimate of drug-likeness (QED) is 0.0386. The van der Waals surface area contributed by atoms with Crippen LogP contribution in [-0.2, 0) is 65.9 Å². The summed E-state index contributed by atoms with van der Waals surface area (Å²) in [5.74, 6) is -0.399. The molecule has 0 atom stereocenters. The zero-order chi connectivity index (χ0) is 46.5. The number of hydrogen-bond donors (Lipinski definition) is 2. The summed E-state index contributed by atoms with van der Waals surface area (Å²) in [5, 5.41) is 19.9. The molecule has 14 nitrogen and oxygen atoms in total. The van der Waals surface area contributed by atoms with Crippen molar-refractivity contribution in [1.82, 2.24) is 14.0 Å². The fraction of sp³-hybridized carbons (Fsp3) is 0.356. The zero-order valence-corrected chi connectivity index (χ0v) is 38.1. The SMILES string of the molecule is C=C(C)C(=O)OCCOc1ccc(C(C)(CCC(=O)N(CCCn2cccc(O)c2=[OH+])CCCn2cccc(O)c2=[OH+])c2ccc(OCCOC(=O)C(=C)C)cc2)cc1.[F][Zr]([F])[F]. The van der Waals surface area contributed by atoms with Crippen molar-refractivity contribution in [2.24, 2.45) is 0 Å². The van der Waals surface area contributed by atoms with Crippen molar-refractivity contribution in [3.63, 3.8) is 0 Å². The molecule has 0 spiro atoms. The summed E-state index contributed by atoms with van der Waals surface area (Å²) in [6.45, 7) is 14.2. The number of pyridine rings is 2. The number of carbonyl (C=O) groups excluding carboxylic acids is 3. The molecule has 4 N–H and O–H groups in total. The van der Waals surface area contributed by atoms with Crippen molar-refractivity contribution in [2.45, 2.75) is 65.0 Å². The number of nitrogens with zero attached hydrogens (tertiary/aromatic N) is 3. The van der Waals surface area contributed by atoms with E-state index in [-0.39, 0.29) is 61.4 Å². The molecule has 0 fully saturated rings. The maximum atomic E-state index is 14.2. The third kappa shape index (κ3) is 17.1. The van der Waals surface area contributed by atoms with Crippen LogP contribution in [0.3, 0.4) is 0 Å². The van der Waals surface area contributed by atoms with E-state index in [1.165, 1.54) is 21.3 Å². The number of aromatic nitrogens is 2. The Labute approximate surface area is 374 Å². The molecule has 339 valence electrons. The summed E-state index contributed by atoms with van der Waals surface area (Å²) >= 11 is -5.04. The Morgan fingerprint density at radius 3 is 1.44 bits per heavy atom. The van der Waals surface area contributed by atoms with E-state index in [1.54, 1.807) is 43.3 Å². The van der Waals surface area contributed by atoms with Gasteiger partial charge in [0.2, 0.25) is 17.4 Å². The molecule has 2 aromatic heterocycles. The molecule has 0 unspecified atom stereocenters. The number of ether oxygens (including phenoxy) is 4. The first kappa shape index (κ1) is 51.5. The molecule has 2 heterocycles. The van der Waals surface area contributed by atoms with E-state index in [4.69, 9.17) is 18.9 Å². The number of amides is 1. The predicted octanol–water partition coefficient (Wildman–Crippen LogP) is 6.06. The first-order valence-corrected chi connectivity index (χ1v) is 22.8. The van der Waals surface area contributed by atoms with Crippen LogP contribution < -0.4 is 20.6 Å². The monoisotopic (exact) mass is 960 g/mol. The molecule has 18 heteroatoms. The maximum absolute atomic E-state index is 14.2. The normalized spacial score (nSPS) is 10.8. The molecule has 2 aromatic carbocycles.